The van der Waals surface area contributed by atoms with E-state index in [9.17, 15) is 9.59 Å². The van der Waals surface area contributed by atoms with E-state index in [-0.39, 0.29) is 23.9 Å². The third kappa shape index (κ3) is 5.35. The molecule has 3 aliphatic rings. The molecular formula is C20H35N3O2. The highest BCUT2D eigenvalue weighted by Crippen LogP contribution is 2.25. The first-order valence-electron chi connectivity index (χ1n) is 10.5. The van der Waals surface area contributed by atoms with Crippen LogP contribution in [0.4, 0.5) is 4.79 Å². The van der Waals surface area contributed by atoms with Gasteiger partial charge in [0.15, 0.2) is 0 Å². The Morgan fingerprint density at radius 2 is 1.36 bits per heavy atom. The van der Waals surface area contributed by atoms with Gasteiger partial charge < -0.3 is 15.5 Å². The van der Waals surface area contributed by atoms with E-state index in [1.807, 2.05) is 4.90 Å². The Morgan fingerprint density at radius 3 is 2.00 bits per heavy atom. The molecule has 2 N–H and O–H groups in total. The Morgan fingerprint density at radius 1 is 0.760 bits per heavy atom. The summed E-state index contributed by atoms with van der Waals surface area (Å²) in [4.78, 5) is 26.8. The van der Waals surface area contributed by atoms with Gasteiger partial charge >= 0.3 is 6.03 Å². The molecule has 0 radical (unpaired) electrons. The van der Waals surface area contributed by atoms with Gasteiger partial charge in [0.2, 0.25) is 5.91 Å². The number of rotatable bonds is 3. The minimum atomic E-state index is 0.0941. The lowest BCUT2D eigenvalue weighted by Gasteiger charge is -2.35. The molecule has 2 aliphatic carbocycles. The van der Waals surface area contributed by atoms with Gasteiger partial charge in [-0.05, 0) is 57.3 Å². The smallest absolute Gasteiger partial charge is 0.317 e. The molecule has 3 fully saturated rings. The molecule has 3 rings (SSSR count). The first-order valence-corrected chi connectivity index (χ1v) is 10.5. The molecule has 0 aromatic carbocycles. The summed E-state index contributed by atoms with van der Waals surface area (Å²) in [5.74, 6) is 1.28. The minimum absolute atomic E-state index is 0.0941. The van der Waals surface area contributed by atoms with Gasteiger partial charge in [-0.2, -0.15) is 0 Å². The Labute approximate surface area is 152 Å². The van der Waals surface area contributed by atoms with Gasteiger partial charge in [0.1, 0.15) is 0 Å². The Balaban J connectivity index is 1.36. The topological polar surface area (TPSA) is 61.4 Å². The van der Waals surface area contributed by atoms with Crippen LogP contribution in [0.3, 0.4) is 0 Å². The number of hydrogen-bond acceptors (Lipinski definition) is 2. The Bertz CT molecular complexity index is 446. The summed E-state index contributed by atoms with van der Waals surface area (Å²) in [5.41, 5.74) is 0. The summed E-state index contributed by atoms with van der Waals surface area (Å²) in [6.45, 7) is 3.81. The van der Waals surface area contributed by atoms with Crippen LogP contribution in [0, 0.1) is 11.8 Å². The van der Waals surface area contributed by atoms with Crippen LogP contribution < -0.4 is 10.6 Å². The first-order chi connectivity index (χ1) is 12.1. The standard InChI is InChI=1S/C20H35N3O2/c1-15-7-9-17(10-8-15)22-20(25)23-13-11-18(12-14-23)21-19(24)16-5-3-2-4-6-16/h15-18H,2-14H2,1H3,(H,21,24)(H,22,25). The number of likely N-dealkylation sites (tertiary alicyclic amines) is 1. The van der Waals surface area contributed by atoms with Crippen molar-refractivity contribution in [2.75, 3.05) is 13.1 Å². The van der Waals surface area contributed by atoms with E-state index in [1.165, 1.54) is 32.1 Å². The maximum atomic E-state index is 12.5. The molecule has 0 aromatic rings. The molecule has 0 atom stereocenters. The number of carbonyl (C=O) groups is 2. The fourth-order valence-corrected chi connectivity index (χ4v) is 4.58. The molecule has 0 unspecified atom stereocenters. The molecule has 5 nitrogen and oxygen atoms in total. The van der Waals surface area contributed by atoms with Crippen LogP contribution >= 0.6 is 0 Å². The van der Waals surface area contributed by atoms with Crippen molar-refractivity contribution in [3.05, 3.63) is 0 Å². The van der Waals surface area contributed by atoms with Gasteiger partial charge in [-0.1, -0.05) is 26.2 Å². The molecule has 3 amide bonds. The number of nitrogens with zero attached hydrogens (tertiary/aromatic N) is 1. The fraction of sp³-hybridized carbons (Fsp3) is 0.900. The van der Waals surface area contributed by atoms with Crippen LogP contribution in [-0.2, 0) is 4.79 Å². The molecule has 1 heterocycles. The summed E-state index contributed by atoms with van der Waals surface area (Å²) >= 11 is 0. The van der Waals surface area contributed by atoms with Crippen molar-refractivity contribution in [2.24, 2.45) is 11.8 Å². The van der Waals surface area contributed by atoms with E-state index >= 15 is 0 Å². The van der Waals surface area contributed by atoms with Crippen LogP contribution in [0.25, 0.3) is 0 Å². The number of carbonyl (C=O) groups excluding carboxylic acids is 2. The number of piperidine rings is 1. The zero-order valence-electron chi connectivity index (χ0n) is 15.8. The van der Waals surface area contributed by atoms with Gasteiger partial charge in [-0.3, -0.25) is 4.79 Å². The quantitative estimate of drug-likeness (QED) is 0.820. The molecular weight excluding hydrogens is 314 g/mol. The van der Waals surface area contributed by atoms with Gasteiger partial charge in [0.25, 0.3) is 0 Å². The molecule has 1 saturated heterocycles. The Hall–Kier alpha value is -1.26. The van der Waals surface area contributed by atoms with Crippen molar-refractivity contribution in [1.29, 1.82) is 0 Å². The summed E-state index contributed by atoms with van der Waals surface area (Å²) in [5, 5.41) is 6.45. The summed E-state index contributed by atoms with van der Waals surface area (Å²) in [7, 11) is 0. The lowest BCUT2D eigenvalue weighted by Crippen LogP contribution is -2.52. The van der Waals surface area contributed by atoms with Gasteiger partial charge in [-0.15, -0.1) is 0 Å². The maximum absolute atomic E-state index is 12.5. The molecule has 5 heteroatoms. The highest BCUT2D eigenvalue weighted by atomic mass is 16.2. The van der Waals surface area contributed by atoms with E-state index in [1.54, 1.807) is 0 Å². The lowest BCUT2D eigenvalue weighted by molar-refractivity contribution is -0.126. The number of nitrogens with one attached hydrogen (secondary N) is 2. The molecule has 25 heavy (non-hydrogen) atoms. The van der Waals surface area contributed by atoms with Crippen molar-refractivity contribution in [2.45, 2.75) is 89.6 Å². The summed E-state index contributed by atoms with van der Waals surface area (Å²) < 4.78 is 0. The van der Waals surface area contributed by atoms with Crippen LogP contribution in [0.15, 0.2) is 0 Å². The van der Waals surface area contributed by atoms with Crippen molar-refractivity contribution in [1.82, 2.24) is 15.5 Å². The minimum Gasteiger partial charge on any atom is -0.353 e. The van der Waals surface area contributed by atoms with E-state index in [2.05, 4.69) is 17.6 Å². The second-order valence-electron chi connectivity index (χ2n) is 8.51. The SMILES string of the molecule is CC1CCC(NC(=O)N2CCC(NC(=O)C3CCCCC3)CC2)CC1. The van der Waals surface area contributed by atoms with Gasteiger partial charge in [0, 0.05) is 31.1 Å². The largest absolute Gasteiger partial charge is 0.353 e. The highest BCUT2D eigenvalue weighted by Gasteiger charge is 2.28. The maximum Gasteiger partial charge on any atom is 0.317 e. The Kier molecular flexibility index (Phi) is 6.60. The molecule has 1 aliphatic heterocycles. The van der Waals surface area contributed by atoms with E-state index in [4.69, 9.17) is 0 Å². The monoisotopic (exact) mass is 349 g/mol. The number of urea groups is 1. The fourth-order valence-electron chi connectivity index (χ4n) is 4.58. The van der Waals surface area contributed by atoms with Crippen molar-refractivity contribution in [3.63, 3.8) is 0 Å². The van der Waals surface area contributed by atoms with Crippen LogP contribution in [-0.4, -0.2) is 42.0 Å². The second-order valence-corrected chi connectivity index (χ2v) is 8.51. The predicted octanol–water partition coefficient (Wildman–Crippen LogP) is 3.44. The lowest BCUT2D eigenvalue weighted by atomic mass is 9.87. The first kappa shape index (κ1) is 18.5. The van der Waals surface area contributed by atoms with Crippen LogP contribution in [0.5, 0.6) is 0 Å². The average molecular weight is 350 g/mol. The zero-order valence-corrected chi connectivity index (χ0v) is 15.8. The van der Waals surface area contributed by atoms with Crippen molar-refractivity contribution < 1.29 is 9.59 Å². The summed E-state index contributed by atoms with van der Waals surface area (Å²) in [6, 6.07) is 0.693. The molecule has 2 saturated carbocycles. The molecule has 0 spiro atoms. The number of amides is 3. The van der Waals surface area contributed by atoms with Gasteiger partial charge in [0.05, 0.1) is 0 Å². The van der Waals surface area contributed by atoms with E-state index < -0.39 is 0 Å². The summed E-state index contributed by atoms with van der Waals surface area (Å²) in [6.07, 6.45) is 12.2. The third-order valence-electron chi connectivity index (χ3n) is 6.45. The molecule has 0 bridgehead atoms. The number of hydrogen-bond donors (Lipinski definition) is 2. The van der Waals surface area contributed by atoms with Crippen molar-refractivity contribution in [3.8, 4) is 0 Å². The zero-order chi connectivity index (χ0) is 17.6. The van der Waals surface area contributed by atoms with E-state index in [0.29, 0.717) is 6.04 Å². The highest BCUT2D eigenvalue weighted by molar-refractivity contribution is 5.79. The average Bonchev–Trinajstić information content (AvgIpc) is 2.65. The normalized spacial score (nSPS) is 29.2. The van der Waals surface area contributed by atoms with E-state index in [0.717, 1.165) is 57.5 Å². The van der Waals surface area contributed by atoms with Crippen molar-refractivity contribution >= 4 is 11.9 Å². The second kappa shape index (κ2) is 8.91. The molecule has 0 aromatic heterocycles. The predicted molar refractivity (Wildman–Crippen MR) is 99.3 cm³/mol. The van der Waals surface area contributed by atoms with Crippen LogP contribution in [0.1, 0.15) is 77.6 Å². The third-order valence-corrected chi connectivity index (χ3v) is 6.45. The van der Waals surface area contributed by atoms with Gasteiger partial charge in [-0.25, -0.2) is 4.79 Å². The molecule has 142 valence electrons. The van der Waals surface area contributed by atoms with Crippen LogP contribution in [0.2, 0.25) is 0 Å².